The van der Waals surface area contributed by atoms with E-state index < -0.39 is 67.3 Å². The van der Waals surface area contributed by atoms with Crippen LogP contribution in [0.15, 0.2) is 146 Å². The molecule has 0 spiro atoms. The van der Waals surface area contributed by atoms with Crippen LogP contribution in [0, 0.1) is 0 Å². The van der Waals surface area contributed by atoms with E-state index >= 15 is 0 Å². The molecule has 0 bridgehead atoms. The molecule has 7 rings (SSSR count). The Morgan fingerprint density at radius 1 is 0.473 bits per heavy atom. The summed E-state index contributed by atoms with van der Waals surface area (Å²) in [5.74, 6) is -0.232. The molecule has 0 radical (unpaired) electrons. The van der Waals surface area contributed by atoms with Crippen LogP contribution in [0.1, 0.15) is 87.1 Å². The quantitative estimate of drug-likeness (QED) is 0.0344. The lowest BCUT2D eigenvalue weighted by Crippen LogP contribution is -2.67. The second-order valence-electron chi connectivity index (χ2n) is 18.8. The molecular weight excluding hydrogens is 943 g/mol. The van der Waals surface area contributed by atoms with Gasteiger partial charge in [-0.3, -0.25) is 9.59 Å². The van der Waals surface area contributed by atoms with Crippen LogP contribution in [0.25, 0.3) is 0 Å². The number of carbonyl (C=O) groups excluding carboxylic acids is 2. The minimum atomic E-state index is -1.09. The van der Waals surface area contributed by atoms with Crippen molar-refractivity contribution in [3.05, 3.63) is 173 Å². The van der Waals surface area contributed by atoms with E-state index in [4.69, 9.17) is 52.1 Å². The molecule has 14 heteroatoms. The van der Waals surface area contributed by atoms with E-state index in [1.807, 2.05) is 146 Å². The average Bonchev–Trinajstić information content (AvgIpc) is 3.42. The number of hydrogen-bond acceptors (Lipinski definition) is 13. The summed E-state index contributed by atoms with van der Waals surface area (Å²) in [7, 11) is 1.61. The topological polar surface area (TPSA) is 148 Å². The van der Waals surface area contributed by atoms with Crippen LogP contribution in [-0.4, -0.2) is 100 Å². The number of esters is 1. The summed E-state index contributed by atoms with van der Waals surface area (Å²) in [4.78, 5) is 26.0. The van der Waals surface area contributed by atoms with Gasteiger partial charge < -0.3 is 57.4 Å². The van der Waals surface area contributed by atoms with Gasteiger partial charge in [0.25, 0.3) is 0 Å². The number of unbranched alkanes of at least 4 members (excludes halogenated alkanes) is 5. The van der Waals surface area contributed by atoms with E-state index in [1.54, 1.807) is 7.11 Å². The number of nitrogens with one attached hydrogen (secondary N) is 1. The second-order valence-corrected chi connectivity index (χ2v) is 18.8. The van der Waals surface area contributed by atoms with Crippen LogP contribution in [0.3, 0.4) is 0 Å². The molecule has 14 nitrogen and oxygen atoms in total. The summed E-state index contributed by atoms with van der Waals surface area (Å²) >= 11 is 0. The van der Waals surface area contributed by atoms with E-state index in [9.17, 15) is 9.59 Å². The third kappa shape index (κ3) is 17.8. The highest BCUT2D eigenvalue weighted by Crippen LogP contribution is 2.34. The van der Waals surface area contributed by atoms with E-state index in [0.717, 1.165) is 59.9 Å². The lowest BCUT2D eigenvalue weighted by Gasteiger charge is -2.48. The van der Waals surface area contributed by atoms with Gasteiger partial charge in [0, 0.05) is 20.5 Å². The van der Waals surface area contributed by atoms with Crippen molar-refractivity contribution in [1.29, 1.82) is 0 Å². The molecule has 2 aliphatic heterocycles. The largest absolute Gasteiger partial charge is 0.497 e. The molecular formula is C60H75NO13. The Hall–Kier alpha value is -5.52. The van der Waals surface area contributed by atoms with Crippen LogP contribution in [0.2, 0.25) is 0 Å². The highest BCUT2D eigenvalue weighted by molar-refractivity contribution is 5.73. The van der Waals surface area contributed by atoms with Gasteiger partial charge >= 0.3 is 5.97 Å². The Morgan fingerprint density at radius 2 is 0.932 bits per heavy atom. The molecule has 0 saturated carbocycles. The number of hydrogen-bond donors (Lipinski definition) is 1. The number of carbonyl (C=O) groups is 2. The number of methoxy groups -OCH3 is 1. The summed E-state index contributed by atoms with van der Waals surface area (Å²) < 4.78 is 72.8. The average molecular weight is 1020 g/mol. The minimum absolute atomic E-state index is 0.0990. The van der Waals surface area contributed by atoms with Crippen molar-refractivity contribution >= 4 is 11.9 Å². The molecule has 398 valence electrons. The van der Waals surface area contributed by atoms with Gasteiger partial charge in [0.15, 0.2) is 18.7 Å². The zero-order valence-electron chi connectivity index (χ0n) is 43.3. The van der Waals surface area contributed by atoms with E-state index in [0.29, 0.717) is 19.0 Å². The summed E-state index contributed by atoms with van der Waals surface area (Å²) in [5.41, 5.74) is 4.70. The molecule has 0 aliphatic carbocycles. The first-order valence-electron chi connectivity index (χ1n) is 26.1. The summed E-state index contributed by atoms with van der Waals surface area (Å²) in [6.45, 7) is 6.39. The number of ether oxygens (including phenoxy) is 11. The Bertz CT molecular complexity index is 2330. The standard InChI is InChI=1S/C60H75NO13/c1-5-6-7-8-9-22-35-66-59-53(61-43(2)62)56(72-44(3)63)54(67-40-49-31-33-50(64-4)34-32-49)52(73-59)42-71-60-58(70-39-48-29-20-13-21-30-48)57(69-38-47-27-18-12-19-28-47)55(68-37-46-25-16-11-17-26-46)51(74-60)41-65-36-45-23-14-10-15-24-45/h10-21,23-34,51-60H,5-9,22,35-42H2,1-4H3,(H,61,62)/t51-,52-,53-,54-,55-,56-,57+,58-,59+,60?/m1/s1. The van der Waals surface area contributed by atoms with E-state index in [-0.39, 0.29) is 45.5 Å². The van der Waals surface area contributed by atoms with E-state index in [2.05, 4.69) is 12.2 Å². The van der Waals surface area contributed by atoms with E-state index in [1.165, 1.54) is 20.3 Å². The van der Waals surface area contributed by atoms with Crippen molar-refractivity contribution in [2.75, 3.05) is 26.9 Å². The minimum Gasteiger partial charge on any atom is -0.497 e. The van der Waals surface area contributed by atoms with Crippen LogP contribution in [0.5, 0.6) is 5.75 Å². The van der Waals surface area contributed by atoms with Crippen LogP contribution < -0.4 is 10.1 Å². The first-order chi connectivity index (χ1) is 36.3. The lowest BCUT2D eigenvalue weighted by atomic mass is 9.95. The Labute approximate surface area is 437 Å². The molecule has 1 unspecified atom stereocenters. The molecule has 5 aromatic carbocycles. The fraction of sp³-hybridized carbons (Fsp3) is 0.467. The summed E-state index contributed by atoms with van der Waals surface area (Å²) in [5, 5.41) is 2.97. The fourth-order valence-corrected chi connectivity index (χ4v) is 9.17. The van der Waals surface area contributed by atoms with Crippen molar-refractivity contribution in [3.8, 4) is 5.75 Å². The van der Waals surface area contributed by atoms with Gasteiger partial charge in [-0.05, 0) is 46.4 Å². The molecule has 0 aromatic heterocycles. The lowest BCUT2D eigenvalue weighted by molar-refractivity contribution is -0.342. The smallest absolute Gasteiger partial charge is 0.303 e. The van der Waals surface area contributed by atoms with Crippen molar-refractivity contribution in [2.45, 2.75) is 154 Å². The van der Waals surface area contributed by atoms with Gasteiger partial charge in [-0.1, -0.05) is 172 Å². The third-order valence-corrected chi connectivity index (χ3v) is 13.0. The monoisotopic (exact) mass is 1020 g/mol. The third-order valence-electron chi connectivity index (χ3n) is 13.0. The molecule has 2 saturated heterocycles. The zero-order valence-corrected chi connectivity index (χ0v) is 43.3. The SMILES string of the molecule is CCCCCCCCO[C@H]1O[C@H](COC2O[C@H](COCc3ccccc3)[C@@H](OCc3ccccc3)[C@H](OCc3ccccc3)[C@H]2OCc2ccccc2)[C@@H](OCc2ccc(OC)cc2)[C@H](OC(C)=O)[C@H]1NC(C)=O. The van der Waals surface area contributed by atoms with Gasteiger partial charge in [-0.25, -0.2) is 0 Å². The molecule has 2 heterocycles. The Morgan fingerprint density at radius 3 is 1.46 bits per heavy atom. The number of benzene rings is 5. The van der Waals surface area contributed by atoms with Crippen LogP contribution in [0.4, 0.5) is 0 Å². The second kappa shape index (κ2) is 30.8. The molecule has 10 atom stereocenters. The molecule has 2 fully saturated rings. The van der Waals surface area contributed by atoms with Crippen molar-refractivity contribution in [2.24, 2.45) is 0 Å². The molecule has 74 heavy (non-hydrogen) atoms. The Balaban J connectivity index is 1.23. The summed E-state index contributed by atoms with van der Waals surface area (Å²) in [6, 6.07) is 46.3. The molecule has 2 aliphatic rings. The maximum atomic E-state index is 13.1. The maximum Gasteiger partial charge on any atom is 0.303 e. The predicted octanol–water partition coefficient (Wildman–Crippen LogP) is 9.83. The maximum absolute atomic E-state index is 13.1. The predicted molar refractivity (Wildman–Crippen MR) is 278 cm³/mol. The number of amides is 1. The molecule has 1 amide bonds. The summed E-state index contributed by atoms with van der Waals surface area (Å²) in [6.07, 6.45) is -1.86. The van der Waals surface area contributed by atoms with Gasteiger partial charge in [0.05, 0.1) is 53.4 Å². The highest BCUT2D eigenvalue weighted by Gasteiger charge is 2.53. The van der Waals surface area contributed by atoms with Crippen molar-refractivity contribution < 1.29 is 61.7 Å². The van der Waals surface area contributed by atoms with Crippen LogP contribution in [-0.2, 0) is 90.0 Å². The van der Waals surface area contributed by atoms with Gasteiger partial charge in [-0.15, -0.1) is 0 Å². The van der Waals surface area contributed by atoms with Crippen LogP contribution >= 0.6 is 0 Å². The molecule has 1 N–H and O–H groups in total. The fourth-order valence-electron chi connectivity index (χ4n) is 9.17. The highest BCUT2D eigenvalue weighted by atomic mass is 16.7. The Kier molecular flexibility index (Phi) is 23.4. The first kappa shape index (κ1) is 56.2. The van der Waals surface area contributed by atoms with Gasteiger partial charge in [0.1, 0.15) is 48.4 Å². The van der Waals surface area contributed by atoms with Gasteiger partial charge in [-0.2, -0.15) is 0 Å². The van der Waals surface area contributed by atoms with Gasteiger partial charge in [0.2, 0.25) is 5.91 Å². The zero-order chi connectivity index (χ0) is 51.7. The first-order valence-corrected chi connectivity index (χ1v) is 26.1. The van der Waals surface area contributed by atoms with Crippen molar-refractivity contribution in [3.63, 3.8) is 0 Å². The normalized spacial score (nSPS) is 23.7. The van der Waals surface area contributed by atoms with Crippen molar-refractivity contribution in [1.82, 2.24) is 5.32 Å². The number of rotatable bonds is 30. The molecule has 5 aromatic rings.